The molecule has 0 aromatic heterocycles. The first-order valence-electron chi connectivity index (χ1n) is 6.70. The van der Waals surface area contributed by atoms with Gasteiger partial charge in [0.15, 0.2) is 0 Å². The minimum atomic E-state index is 0.249. The monoisotopic (exact) mass is 229 g/mol. The summed E-state index contributed by atoms with van der Waals surface area (Å²) in [6, 6.07) is 9.28. The van der Waals surface area contributed by atoms with E-state index in [1.165, 1.54) is 24.0 Å². The van der Waals surface area contributed by atoms with Crippen LogP contribution in [0.25, 0.3) is 0 Å². The van der Waals surface area contributed by atoms with E-state index in [9.17, 15) is 0 Å². The van der Waals surface area contributed by atoms with Crippen molar-refractivity contribution < 1.29 is 0 Å². The molecule has 1 fully saturated rings. The molecule has 1 aromatic rings. The Labute approximate surface area is 104 Å². The molecule has 3 rings (SSSR count). The van der Waals surface area contributed by atoms with Gasteiger partial charge in [-0.25, -0.2) is 0 Å². The summed E-state index contributed by atoms with van der Waals surface area (Å²) < 4.78 is 0. The highest BCUT2D eigenvalue weighted by atomic mass is 14.9. The molecule has 0 saturated heterocycles. The topological polar surface area (TPSA) is 26.0 Å². The maximum Gasteiger partial charge on any atom is 0.0203 e. The average molecular weight is 229 g/mol. The molecular formula is C16H23N. The Morgan fingerprint density at radius 2 is 1.53 bits per heavy atom. The van der Waals surface area contributed by atoms with Crippen LogP contribution in [0, 0.1) is 5.41 Å². The fourth-order valence-electron chi connectivity index (χ4n) is 4.13. The predicted molar refractivity (Wildman–Crippen MR) is 72.1 cm³/mol. The van der Waals surface area contributed by atoms with E-state index in [1.807, 2.05) is 0 Å². The van der Waals surface area contributed by atoms with Gasteiger partial charge in [0.1, 0.15) is 0 Å². The van der Waals surface area contributed by atoms with Gasteiger partial charge in [-0.2, -0.15) is 0 Å². The molecule has 1 nitrogen and oxygen atoms in total. The molecule has 2 unspecified atom stereocenters. The molecule has 0 aliphatic heterocycles. The number of nitrogens with two attached hydrogens (primary N) is 1. The number of hydrogen-bond acceptors (Lipinski definition) is 1. The summed E-state index contributed by atoms with van der Waals surface area (Å²) in [6.45, 7) is 9.37. The summed E-state index contributed by atoms with van der Waals surface area (Å²) in [5.41, 5.74) is 10.3. The largest absolute Gasteiger partial charge is 0.326 e. The highest BCUT2D eigenvalue weighted by Crippen LogP contribution is 2.69. The third kappa shape index (κ3) is 1.14. The smallest absolute Gasteiger partial charge is 0.0203 e. The number of fused-ring (bicyclic) bond motifs is 2. The van der Waals surface area contributed by atoms with Crippen molar-refractivity contribution in [1.29, 1.82) is 0 Å². The molecule has 2 atom stereocenters. The van der Waals surface area contributed by atoms with Crippen molar-refractivity contribution >= 4 is 0 Å². The third-order valence-electron chi connectivity index (χ3n) is 5.66. The molecule has 2 aliphatic carbocycles. The lowest BCUT2D eigenvalue weighted by atomic mass is 9.65. The van der Waals surface area contributed by atoms with Crippen LogP contribution in [0.1, 0.15) is 51.7 Å². The van der Waals surface area contributed by atoms with Crippen LogP contribution in [0.3, 0.4) is 0 Å². The number of rotatable bonds is 0. The molecule has 1 aromatic carbocycles. The van der Waals surface area contributed by atoms with Crippen LogP contribution in [-0.2, 0) is 10.8 Å². The molecular weight excluding hydrogens is 206 g/mol. The molecule has 1 spiro atoms. The lowest BCUT2D eigenvalue weighted by Crippen LogP contribution is -2.33. The van der Waals surface area contributed by atoms with Crippen molar-refractivity contribution in [2.75, 3.05) is 0 Å². The van der Waals surface area contributed by atoms with Crippen molar-refractivity contribution in [1.82, 2.24) is 0 Å². The van der Waals surface area contributed by atoms with Gasteiger partial charge in [0.05, 0.1) is 0 Å². The van der Waals surface area contributed by atoms with Gasteiger partial charge in [-0.05, 0) is 34.8 Å². The van der Waals surface area contributed by atoms with Gasteiger partial charge in [-0.15, -0.1) is 0 Å². The minimum absolute atomic E-state index is 0.249. The Hall–Kier alpha value is -0.820. The van der Waals surface area contributed by atoms with Crippen LogP contribution < -0.4 is 5.73 Å². The second-order valence-electron chi connectivity index (χ2n) is 7.10. The Morgan fingerprint density at radius 3 is 2.06 bits per heavy atom. The number of hydrogen-bond donors (Lipinski definition) is 1. The van der Waals surface area contributed by atoms with E-state index in [-0.39, 0.29) is 10.8 Å². The summed E-state index contributed by atoms with van der Waals surface area (Å²) in [5.74, 6) is 0. The molecule has 92 valence electrons. The van der Waals surface area contributed by atoms with Crippen LogP contribution in [-0.4, -0.2) is 6.04 Å². The zero-order chi connectivity index (χ0) is 12.5. The van der Waals surface area contributed by atoms with Crippen molar-refractivity contribution in [3.63, 3.8) is 0 Å². The van der Waals surface area contributed by atoms with Crippen LogP contribution in [0.4, 0.5) is 0 Å². The highest BCUT2D eigenvalue weighted by Gasteiger charge is 2.71. The van der Waals surface area contributed by atoms with Gasteiger partial charge >= 0.3 is 0 Å². The summed E-state index contributed by atoms with van der Waals surface area (Å²) in [6.07, 6.45) is 2.49. The molecule has 1 heteroatoms. The normalized spacial score (nSPS) is 36.6. The van der Waals surface area contributed by atoms with Gasteiger partial charge in [-0.3, -0.25) is 0 Å². The van der Waals surface area contributed by atoms with Crippen LogP contribution >= 0.6 is 0 Å². The van der Waals surface area contributed by atoms with E-state index >= 15 is 0 Å². The first-order chi connectivity index (χ1) is 7.84. The van der Waals surface area contributed by atoms with Crippen molar-refractivity contribution in [3.8, 4) is 0 Å². The fourth-order valence-corrected chi connectivity index (χ4v) is 4.13. The highest BCUT2D eigenvalue weighted by molar-refractivity contribution is 5.51. The lowest BCUT2D eigenvalue weighted by Gasteiger charge is -2.39. The summed E-state index contributed by atoms with van der Waals surface area (Å²) in [4.78, 5) is 0. The first kappa shape index (κ1) is 11.3. The third-order valence-corrected chi connectivity index (χ3v) is 5.66. The van der Waals surface area contributed by atoms with Gasteiger partial charge in [0.2, 0.25) is 0 Å². The quantitative estimate of drug-likeness (QED) is 0.725. The van der Waals surface area contributed by atoms with E-state index in [0.29, 0.717) is 11.5 Å². The molecule has 1 saturated carbocycles. The molecule has 2 N–H and O–H groups in total. The van der Waals surface area contributed by atoms with Gasteiger partial charge in [0.25, 0.3) is 0 Å². The second kappa shape index (κ2) is 2.95. The van der Waals surface area contributed by atoms with E-state index < -0.39 is 0 Å². The molecule has 2 aliphatic rings. The van der Waals surface area contributed by atoms with E-state index in [4.69, 9.17) is 5.73 Å². The fraction of sp³-hybridized carbons (Fsp3) is 0.625. The summed E-state index contributed by atoms with van der Waals surface area (Å²) >= 11 is 0. The van der Waals surface area contributed by atoms with E-state index in [1.54, 1.807) is 0 Å². The Bertz CT molecular complexity index is 472. The Kier molecular flexibility index (Phi) is 1.96. The average Bonchev–Trinajstić information content (AvgIpc) is 2.71. The van der Waals surface area contributed by atoms with E-state index in [0.717, 1.165) is 0 Å². The van der Waals surface area contributed by atoms with Crippen molar-refractivity contribution in [3.05, 3.63) is 35.4 Å². The molecule has 17 heavy (non-hydrogen) atoms. The zero-order valence-electron chi connectivity index (χ0n) is 11.4. The molecule has 0 radical (unpaired) electrons. The van der Waals surface area contributed by atoms with Crippen LogP contribution in [0.2, 0.25) is 0 Å². The number of benzene rings is 1. The minimum Gasteiger partial charge on any atom is -0.326 e. The van der Waals surface area contributed by atoms with E-state index in [2.05, 4.69) is 52.0 Å². The Balaban J connectivity index is 2.21. The van der Waals surface area contributed by atoms with Gasteiger partial charge < -0.3 is 5.73 Å². The SMILES string of the molecule is CC1(C)CCC2(c3ccccc31)C(N)C2(C)C. The maximum absolute atomic E-state index is 6.41. The van der Waals surface area contributed by atoms with Crippen molar-refractivity contribution in [2.45, 2.75) is 57.4 Å². The standard InChI is InChI=1S/C16H23N/c1-14(2)9-10-16(13(17)15(16,3)4)12-8-6-5-7-11(12)14/h5-8,13H,9-10,17H2,1-4H3. The molecule has 0 heterocycles. The Morgan fingerprint density at radius 1 is 1.00 bits per heavy atom. The predicted octanol–water partition coefficient (Wildman–Crippen LogP) is 3.36. The van der Waals surface area contributed by atoms with Crippen LogP contribution in [0.15, 0.2) is 24.3 Å². The molecule has 0 bridgehead atoms. The van der Waals surface area contributed by atoms with Crippen LogP contribution in [0.5, 0.6) is 0 Å². The van der Waals surface area contributed by atoms with Crippen molar-refractivity contribution in [2.24, 2.45) is 11.1 Å². The second-order valence-corrected chi connectivity index (χ2v) is 7.10. The lowest BCUT2D eigenvalue weighted by molar-refractivity contribution is 0.341. The molecule has 0 amide bonds. The van der Waals surface area contributed by atoms with Gasteiger partial charge in [-0.1, -0.05) is 52.0 Å². The summed E-state index contributed by atoms with van der Waals surface area (Å²) in [5, 5.41) is 0. The van der Waals surface area contributed by atoms with Gasteiger partial charge in [0, 0.05) is 11.5 Å². The maximum atomic E-state index is 6.41. The zero-order valence-corrected chi connectivity index (χ0v) is 11.4. The first-order valence-corrected chi connectivity index (χ1v) is 6.70. The summed E-state index contributed by atoms with van der Waals surface area (Å²) in [7, 11) is 0.